The summed E-state index contributed by atoms with van der Waals surface area (Å²) in [7, 11) is -4.24. The minimum Gasteiger partial charge on any atom is -0.321 e. The van der Waals surface area contributed by atoms with Gasteiger partial charge in [0.1, 0.15) is 10.7 Å². The van der Waals surface area contributed by atoms with E-state index in [0.29, 0.717) is 12.8 Å². The molecule has 0 radical (unpaired) electrons. The minimum absolute atomic E-state index is 0.280. The summed E-state index contributed by atoms with van der Waals surface area (Å²) >= 11 is 0. The zero-order valence-electron chi connectivity index (χ0n) is 15.8. The van der Waals surface area contributed by atoms with Gasteiger partial charge in [0.05, 0.1) is 11.3 Å². The van der Waals surface area contributed by atoms with E-state index in [4.69, 9.17) is 0 Å². The zero-order valence-corrected chi connectivity index (χ0v) is 16.6. The van der Waals surface area contributed by atoms with Gasteiger partial charge in [0.25, 0.3) is 5.91 Å². The predicted molar refractivity (Wildman–Crippen MR) is 103 cm³/mol. The second-order valence-corrected chi connectivity index (χ2v) is 8.78. The maximum Gasteiger partial charge on any atom is 0.418 e. The molecule has 3 rings (SSSR count). The van der Waals surface area contributed by atoms with Crippen LogP contribution in [0.25, 0.3) is 0 Å². The highest BCUT2D eigenvalue weighted by atomic mass is 32.2. The molecule has 1 fully saturated rings. The quantitative estimate of drug-likeness (QED) is 0.656. The summed E-state index contributed by atoms with van der Waals surface area (Å²) in [6, 6.07) is 6.71. The molecule has 0 unspecified atom stereocenters. The summed E-state index contributed by atoms with van der Waals surface area (Å²) in [4.78, 5) is 11.7. The van der Waals surface area contributed by atoms with Crippen LogP contribution in [-0.2, 0) is 16.2 Å². The average Bonchev–Trinajstić information content (AvgIpc) is 2.68. The Balaban J connectivity index is 1.85. The number of carbonyl (C=O) groups is 1. The molecule has 0 aliphatic heterocycles. The van der Waals surface area contributed by atoms with Crippen molar-refractivity contribution in [2.45, 2.75) is 49.2 Å². The summed E-state index contributed by atoms with van der Waals surface area (Å²) in [6.07, 6.45) is -0.704. The third-order valence-corrected chi connectivity index (χ3v) is 6.43. The van der Waals surface area contributed by atoms with Crippen LogP contribution in [0, 0.1) is 5.82 Å². The molecule has 0 atom stereocenters. The van der Waals surface area contributed by atoms with Crippen molar-refractivity contribution in [2.24, 2.45) is 0 Å². The summed E-state index contributed by atoms with van der Waals surface area (Å²) in [5.41, 5.74) is -1.81. The number of hydrogen-bond acceptors (Lipinski definition) is 3. The molecule has 2 aromatic carbocycles. The van der Waals surface area contributed by atoms with Gasteiger partial charge >= 0.3 is 6.18 Å². The van der Waals surface area contributed by atoms with Crippen molar-refractivity contribution >= 4 is 21.6 Å². The van der Waals surface area contributed by atoms with Crippen LogP contribution in [0.5, 0.6) is 0 Å². The van der Waals surface area contributed by atoms with Gasteiger partial charge in [-0.1, -0.05) is 31.4 Å². The van der Waals surface area contributed by atoms with Gasteiger partial charge in [-0.3, -0.25) is 4.79 Å². The standard InChI is InChI=1S/C20H20F4N2O3S/c21-16-11-10-13(12-18(16)30(28,29)26-14-6-2-1-3-7-14)19(27)25-17-9-5-4-8-15(17)20(22,23)24/h4-5,8-12,14,26H,1-3,6-7H2,(H,25,27). The monoisotopic (exact) mass is 444 g/mol. The highest BCUT2D eigenvalue weighted by Gasteiger charge is 2.34. The zero-order chi connectivity index (χ0) is 21.9. The molecular weight excluding hydrogens is 424 g/mol. The second-order valence-electron chi connectivity index (χ2n) is 7.10. The lowest BCUT2D eigenvalue weighted by Crippen LogP contribution is -2.36. The Kier molecular flexibility index (Phi) is 6.47. The third-order valence-electron chi connectivity index (χ3n) is 4.89. The first kappa shape index (κ1) is 22.2. The molecule has 1 saturated carbocycles. The molecule has 2 aromatic rings. The predicted octanol–water partition coefficient (Wildman–Crippen LogP) is 4.71. The SMILES string of the molecule is O=C(Nc1ccccc1C(F)(F)F)c1ccc(F)c(S(=O)(=O)NC2CCCCC2)c1. The van der Waals surface area contributed by atoms with Gasteiger partial charge in [0.15, 0.2) is 0 Å². The number of para-hydroxylation sites is 1. The number of halogens is 4. The molecular formula is C20H20F4N2O3S. The number of nitrogens with one attached hydrogen (secondary N) is 2. The molecule has 0 bridgehead atoms. The third kappa shape index (κ3) is 5.17. The molecule has 2 N–H and O–H groups in total. The van der Waals surface area contributed by atoms with Gasteiger partial charge in [0, 0.05) is 11.6 Å². The van der Waals surface area contributed by atoms with Crippen LogP contribution in [0.1, 0.15) is 48.0 Å². The number of alkyl halides is 3. The van der Waals surface area contributed by atoms with Crippen molar-refractivity contribution in [2.75, 3.05) is 5.32 Å². The Morgan fingerprint density at radius 3 is 2.33 bits per heavy atom. The molecule has 0 heterocycles. The smallest absolute Gasteiger partial charge is 0.321 e. The highest BCUT2D eigenvalue weighted by Crippen LogP contribution is 2.34. The molecule has 0 saturated heterocycles. The lowest BCUT2D eigenvalue weighted by molar-refractivity contribution is -0.136. The first-order chi connectivity index (χ1) is 14.1. The Morgan fingerprint density at radius 2 is 1.67 bits per heavy atom. The van der Waals surface area contributed by atoms with E-state index >= 15 is 0 Å². The molecule has 30 heavy (non-hydrogen) atoms. The van der Waals surface area contributed by atoms with Gasteiger partial charge in [-0.15, -0.1) is 0 Å². The van der Waals surface area contributed by atoms with E-state index in [9.17, 15) is 30.8 Å². The Morgan fingerprint density at radius 1 is 1.00 bits per heavy atom. The van der Waals surface area contributed by atoms with E-state index in [1.165, 1.54) is 12.1 Å². The Labute approximate surface area is 171 Å². The van der Waals surface area contributed by atoms with Crippen LogP contribution >= 0.6 is 0 Å². The topological polar surface area (TPSA) is 75.3 Å². The van der Waals surface area contributed by atoms with Crippen molar-refractivity contribution in [3.63, 3.8) is 0 Å². The average molecular weight is 444 g/mol. The number of amides is 1. The number of rotatable bonds is 5. The van der Waals surface area contributed by atoms with Crippen LogP contribution in [0.4, 0.5) is 23.2 Å². The number of carbonyl (C=O) groups excluding carboxylic acids is 1. The summed E-state index contributed by atoms with van der Waals surface area (Å²) in [6.45, 7) is 0. The van der Waals surface area contributed by atoms with Gasteiger partial charge < -0.3 is 5.32 Å². The number of hydrogen-bond donors (Lipinski definition) is 2. The van der Waals surface area contributed by atoms with Gasteiger partial charge in [-0.25, -0.2) is 17.5 Å². The van der Waals surface area contributed by atoms with Crippen LogP contribution < -0.4 is 10.0 Å². The number of anilines is 1. The molecule has 1 aliphatic rings. The largest absolute Gasteiger partial charge is 0.418 e. The molecule has 10 heteroatoms. The lowest BCUT2D eigenvalue weighted by atomic mass is 9.96. The molecule has 5 nitrogen and oxygen atoms in total. The Hall–Kier alpha value is -2.46. The van der Waals surface area contributed by atoms with Crippen LogP contribution in [0.15, 0.2) is 47.4 Å². The normalized spacial score (nSPS) is 15.7. The summed E-state index contributed by atoms with van der Waals surface area (Å²) < 4.78 is 81.2. The van der Waals surface area contributed by atoms with Crippen molar-refractivity contribution in [1.29, 1.82) is 0 Å². The minimum atomic E-state index is -4.69. The van der Waals surface area contributed by atoms with Gasteiger partial charge in [-0.05, 0) is 43.2 Å². The molecule has 1 amide bonds. The van der Waals surface area contributed by atoms with Crippen molar-refractivity contribution in [1.82, 2.24) is 4.72 Å². The van der Waals surface area contributed by atoms with E-state index in [1.807, 2.05) is 0 Å². The molecule has 0 aromatic heterocycles. The fourth-order valence-electron chi connectivity index (χ4n) is 3.39. The van der Waals surface area contributed by atoms with E-state index in [-0.39, 0.29) is 11.6 Å². The van der Waals surface area contributed by atoms with Crippen LogP contribution in [0.3, 0.4) is 0 Å². The first-order valence-electron chi connectivity index (χ1n) is 9.37. The van der Waals surface area contributed by atoms with E-state index in [1.54, 1.807) is 0 Å². The van der Waals surface area contributed by atoms with Gasteiger partial charge in [-0.2, -0.15) is 13.2 Å². The molecule has 162 valence electrons. The van der Waals surface area contributed by atoms with Gasteiger partial charge in [0.2, 0.25) is 10.0 Å². The molecule has 0 spiro atoms. The van der Waals surface area contributed by atoms with E-state index in [2.05, 4.69) is 10.0 Å². The van der Waals surface area contributed by atoms with E-state index < -0.39 is 44.1 Å². The Bertz CT molecular complexity index is 1030. The summed E-state index contributed by atoms with van der Waals surface area (Å²) in [5, 5.41) is 2.12. The number of benzene rings is 2. The first-order valence-corrected chi connectivity index (χ1v) is 10.9. The van der Waals surface area contributed by atoms with Crippen LogP contribution in [0.2, 0.25) is 0 Å². The maximum absolute atomic E-state index is 14.2. The molecule has 1 aliphatic carbocycles. The number of sulfonamides is 1. The summed E-state index contributed by atoms with van der Waals surface area (Å²) in [5.74, 6) is -2.04. The van der Waals surface area contributed by atoms with Crippen molar-refractivity contribution in [3.8, 4) is 0 Å². The van der Waals surface area contributed by atoms with Crippen LogP contribution in [-0.4, -0.2) is 20.4 Å². The highest BCUT2D eigenvalue weighted by molar-refractivity contribution is 7.89. The van der Waals surface area contributed by atoms with Crippen molar-refractivity contribution in [3.05, 3.63) is 59.4 Å². The lowest BCUT2D eigenvalue weighted by Gasteiger charge is -2.22. The fraction of sp³-hybridized carbons (Fsp3) is 0.350. The maximum atomic E-state index is 14.2. The van der Waals surface area contributed by atoms with E-state index in [0.717, 1.165) is 49.6 Å². The van der Waals surface area contributed by atoms with Crippen molar-refractivity contribution < 1.29 is 30.8 Å². The second kappa shape index (κ2) is 8.73. The fourth-order valence-corrected chi connectivity index (χ4v) is 4.80.